The van der Waals surface area contributed by atoms with Crippen LogP contribution in [0.4, 0.5) is 0 Å². The number of aryl methyl sites for hydroxylation is 2. The van der Waals surface area contributed by atoms with Crippen molar-refractivity contribution < 1.29 is 101 Å². The van der Waals surface area contributed by atoms with Gasteiger partial charge < -0.3 is 101 Å². The summed E-state index contributed by atoms with van der Waals surface area (Å²) in [6, 6.07) is 28.5. The van der Waals surface area contributed by atoms with Crippen LogP contribution in [0.15, 0.2) is 97.1 Å². The first-order chi connectivity index (χ1) is 36.5. The third-order valence-electron chi connectivity index (χ3n) is 14.2. The van der Waals surface area contributed by atoms with Crippen molar-refractivity contribution in [1.29, 1.82) is 0 Å². The monoisotopic (exact) mass is 1060 g/mol. The normalized spacial score (nSPS) is 35.4. The van der Waals surface area contributed by atoms with Gasteiger partial charge in [0.15, 0.2) is 0 Å². The van der Waals surface area contributed by atoms with Crippen LogP contribution in [0.3, 0.4) is 0 Å². The van der Waals surface area contributed by atoms with Gasteiger partial charge >= 0.3 is 0 Å². The maximum Gasteiger partial charge on any atom is 0.113 e. The lowest BCUT2D eigenvalue weighted by Crippen LogP contribution is -2.55. The Morgan fingerprint density at radius 2 is 0.579 bits per heavy atom. The molecule has 0 aliphatic carbocycles. The van der Waals surface area contributed by atoms with Crippen LogP contribution >= 0.6 is 0 Å². The molecule has 412 valence electrons. The van der Waals surface area contributed by atoms with E-state index in [0.717, 1.165) is 36.8 Å². The molecule has 0 bridgehead atoms. The maximum absolute atomic E-state index is 10.4. The fourth-order valence-electron chi connectivity index (χ4n) is 9.81. The highest BCUT2D eigenvalue weighted by Crippen LogP contribution is 2.37. The summed E-state index contributed by atoms with van der Waals surface area (Å²) in [5, 5.41) is 160. The van der Waals surface area contributed by atoms with Gasteiger partial charge in [-0.15, -0.1) is 0 Å². The molecule has 4 heterocycles. The number of aliphatic hydroxyl groups excluding tert-OH is 16. The van der Waals surface area contributed by atoms with E-state index < -0.39 is 149 Å². The van der Waals surface area contributed by atoms with Crippen LogP contribution in [-0.2, 0) is 31.8 Å². The lowest BCUT2D eigenvalue weighted by Gasteiger charge is -2.40. The summed E-state index contributed by atoms with van der Waals surface area (Å²) in [5.41, 5.74) is 5.50. The van der Waals surface area contributed by atoms with E-state index in [1.54, 1.807) is 60.7 Å². The molecular formula is C56H68O20. The number of ether oxygens (including phenoxy) is 4. The van der Waals surface area contributed by atoms with E-state index in [1.807, 2.05) is 36.4 Å². The second-order valence-electron chi connectivity index (χ2n) is 19.4. The van der Waals surface area contributed by atoms with E-state index in [9.17, 15) is 81.7 Å². The third-order valence-corrected chi connectivity index (χ3v) is 14.2. The zero-order valence-corrected chi connectivity index (χ0v) is 41.2. The highest BCUT2D eigenvalue weighted by Gasteiger charge is 2.47. The molecule has 16 N–H and O–H groups in total. The standard InChI is InChI=1S/C28H38O10.C28H30O10/c2*29-13-19-21(31)23(33)25(35)27(37-19)17-9-3-7-15(11-17)5-1-2-6-16-8-4-10-18(12-16)28-26(36)24(34)22(32)20(14-30)38-28/h3-4,7-12,19-36H,1-2,5-6,13-14H2;3-4,7-12,19-36H,13-14H2/t2*19-,20-,21-,22-,23+,24+,25+,26+,27-,28-/m11/s1. The molecule has 20 heteroatoms. The predicted molar refractivity (Wildman–Crippen MR) is 267 cm³/mol. The summed E-state index contributed by atoms with van der Waals surface area (Å²) >= 11 is 0. The molecule has 4 aliphatic rings. The number of aliphatic hydroxyl groups is 16. The predicted octanol–water partition coefficient (Wildman–Crippen LogP) is -2.60. The fraction of sp³-hybridized carbons (Fsp3) is 0.500. The van der Waals surface area contributed by atoms with Crippen LogP contribution in [0.25, 0.3) is 0 Å². The van der Waals surface area contributed by atoms with Crippen molar-refractivity contribution in [3.63, 3.8) is 0 Å². The third kappa shape index (κ3) is 13.7. The largest absolute Gasteiger partial charge is 0.394 e. The summed E-state index contributed by atoms with van der Waals surface area (Å²) in [7, 11) is 0. The molecule has 0 spiro atoms. The van der Waals surface area contributed by atoms with Crippen molar-refractivity contribution >= 4 is 0 Å². The Balaban J connectivity index is 0.000000221. The molecule has 20 atom stereocenters. The molecule has 4 aliphatic heterocycles. The number of hydrogen-bond acceptors (Lipinski definition) is 20. The molecule has 0 aromatic heterocycles. The molecular weight excluding hydrogens is 993 g/mol. The summed E-state index contributed by atoms with van der Waals surface area (Å²) in [6.07, 6.45) is -21.3. The number of rotatable bonds is 13. The molecule has 4 saturated heterocycles. The van der Waals surface area contributed by atoms with E-state index in [1.165, 1.54) is 0 Å². The van der Waals surface area contributed by atoms with Crippen LogP contribution in [0.2, 0.25) is 0 Å². The quantitative estimate of drug-likeness (QED) is 0.0482. The van der Waals surface area contributed by atoms with Gasteiger partial charge in [0, 0.05) is 11.1 Å². The van der Waals surface area contributed by atoms with Crippen LogP contribution in [0, 0.1) is 23.7 Å². The first-order valence-corrected chi connectivity index (χ1v) is 25.1. The fourth-order valence-corrected chi connectivity index (χ4v) is 9.81. The second-order valence-corrected chi connectivity index (χ2v) is 19.4. The van der Waals surface area contributed by atoms with Gasteiger partial charge in [0.25, 0.3) is 0 Å². The molecule has 4 aromatic carbocycles. The Morgan fingerprint density at radius 3 is 0.855 bits per heavy atom. The Hall–Kier alpha value is -4.80. The minimum absolute atomic E-state index is 0.473. The maximum atomic E-state index is 10.4. The number of benzene rings is 4. The molecule has 0 radical (unpaired) electrons. The van der Waals surface area contributed by atoms with Gasteiger partial charge in [-0.2, -0.15) is 0 Å². The van der Waals surface area contributed by atoms with Gasteiger partial charge in [-0.05, 0) is 95.2 Å². The molecule has 4 aromatic rings. The van der Waals surface area contributed by atoms with Gasteiger partial charge in [-0.25, -0.2) is 0 Å². The molecule has 20 nitrogen and oxygen atoms in total. The van der Waals surface area contributed by atoms with Gasteiger partial charge in [0.2, 0.25) is 0 Å². The van der Waals surface area contributed by atoms with E-state index in [-0.39, 0.29) is 0 Å². The smallest absolute Gasteiger partial charge is 0.113 e. The lowest BCUT2D eigenvalue weighted by molar-refractivity contribution is -0.231. The van der Waals surface area contributed by atoms with Crippen LogP contribution in [-0.4, -0.2) is 206 Å². The second kappa shape index (κ2) is 27.2. The minimum Gasteiger partial charge on any atom is -0.394 e. The zero-order valence-electron chi connectivity index (χ0n) is 41.2. The molecule has 0 amide bonds. The average Bonchev–Trinajstić information content (AvgIpc) is 3.43. The van der Waals surface area contributed by atoms with E-state index >= 15 is 0 Å². The molecule has 8 rings (SSSR count). The highest BCUT2D eigenvalue weighted by atomic mass is 16.6. The van der Waals surface area contributed by atoms with Gasteiger partial charge in [-0.1, -0.05) is 84.6 Å². The van der Waals surface area contributed by atoms with Crippen LogP contribution in [0.5, 0.6) is 0 Å². The van der Waals surface area contributed by atoms with Crippen molar-refractivity contribution in [3.8, 4) is 23.7 Å². The lowest BCUT2D eigenvalue weighted by atomic mass is 9.90. The first-order valence-electron chi connectivity index (χ1n) is 25.1. The van der Waals surface area contributed by atoms with E-state index in [0.29, 0.717) is 33.4 Å². The van der Waals surface area contributed by atoms with Gasteiger partial charge in [0.1, 0.15) is 122 Å². The Morgan fingerprint density at radius 1 is 0.316 bits per heavy atom. The SMILES string of the molecule is OC[C@H]1O[C@H](c2cccc(C#CC#Cc3cccc([C@H]4O[C@H](CO)[C@@H](O)[C@H](O)[C@@H]4O)c3)c2)[C@@H](O)[C@@H](O)[C@@H]1O.OC[C@H]1O[C@H](c2cccc(CCCCc3cccc([C@H]4O[C@H](CO)[C@@H](O)[C@H](O)[C@@H]4O)c3)c2)[C@@H](O)[C@@H](O)[C@@H]1O. The first kappa shape index (κ1) is 58.9. The van der Waals surface area contributed by atoms with Crippen molar-refractivity contribution in [2.45, 2.75) is 148 Å². The molecule has 0 unspecified atom stereocenters. The number of hydrogen-bond donors (Lipinski definition) is 16. The minimum atomic E-state index is -1.48. The van der Waals surface area contributed by atoms with Crippen molar-refractivity contribution in [3.05, 3.63) is 142 Å². The Bertz CT molecular complexity index is 2430. The highest BCUT2D eigenvalue weighted by molar-refractivity contribution is 5.46. The summed E-state index contributed by atoms with van der Waals surface area (Å²) in [6.45, 7) is -1.99. The summed E-state index contributed by atoms with van der Waals surface area (Å²) in [4.78, 5) is 0. The zero-order chi connectivity index (χ0) is 54.8. The topological polar surface area (TPSA) is 361 Å². The van der Waals surface area contributed by atoms with Gasteiger partial charge in [-0.3, -0.25) is 0 Å². The van der Waals surface area contributed by atoms with Crippen LogP contribution in [0.1, 0.15) is 81.8 Å². The Labute approximate surface area is 438 Å². The average molecular weight is 1060 g/mol. The van der Waals surface area contributed by atoms with Crippen LogP contribution < -0.4 is 0 Å². The summed E-state index contributed by atoms with van der Waals surface area (Å²) in [5.74, 6) is 11.2. The van der Waals surface area contributed by atoms with Crippen molar-refractivity contribution in [2.75, 3.05) is 26.4 Å². The summed E-state index contributed by atoms with van der Waals surface area (Å²) < 4.78 is 22.5. The van der Waals surface area contributed by atoms with E-state index in [2.05, 4.69) is 23.7 Å². The van der Waals surface area contributed by atoms with Crippen molar-refractivity contribution in [2.24, 2.45) is 0 Å². The van der Waals surface area contributed by atoms with Gasteiger partial charge in [0.05, 0.1) is 26.4 Å². The Kier molecular flexibility index (Phi) is 21.1. The number of unbranched alkanes of at least 4 members (excludes halogenated alkanes) is 1. The van der Waals surface area contributed by atoms with Crippen molar-refractivity contribution in [1.82, 2.24) is 0 Å². The molecule has 0 saturated carbocycles. The molecule has 4 fully saturated rings. The van der Waals surface area contributed by atoms with E-state index in [4.69, 9.17) is 18.9 Å². The molecule has 76 heavy (non-hydrogen) atoms.